The van der Waals surface area contributed by atoms with Gasteiger partial charge in [-0.2, -0.15) is 18.6 Å². The van der Waals surface area contributed by atoms with Crippen LogP contribution in [0, 0.1) is 0 Å². The summed E-state index contributed by atoms with van der Waals surface area (Å²) in [5.41, 5.74) is 0.724. The third-order valence-corrected chi connectivity index (χ3v) is 5.50. The van der Waals surface area contributed by atoms with Crippen molar-refractivity contribution in [3.63, 3.8) is 0 Å². The van der Waals surface area contributed by atoms with Gasteiger partial charge < -0.3 is 14.5 Å². The van der Waals surface area contributed by atoms with E-state index in [1.54, 1.807) is 35.2 Å². The van der Waals surface area contributed by atoms with Gasteiger partial charge in [-0.3, -0.25) is 9.59 Å². The van der Waals surface area contributed by atoms with E-state index in [1.165, 1.54) is 29.1 Å². The van der Waals surface area contributed by atoms with Crippen LogP contribution in [0.15, 0.2) is 65.6 Å². The summed E-state index contributed by atoms with van der Waals surface area (Å²) < 4.78 is 31.0. The van der Waals surface area contributed by atoms with Crippen molar-refractivity contribution in [3.05, 3.63) is 81.7 Å². The van der Waals surface area contributed by atoms with Crippen LogP contribution in [0.4, 0.5) is 14.5 Å². The molecule has 10 heteroatoms. The van der Waals surface area contributed by atoms with Crippen LogP contribution in [-0.2, 0) is 0 Å². The number of hydrogen-bond donors (Lipinski definition) is 0. The molecule has 4 rings (SSSR count). The first-order chi connectivity index (χ1) is 15.5. The maximum absolute atomic E-state index is 12.9. The van der Waals surface area contributed by atoms with E-state index in [9.17, 15) is 18.4 Å². The zero-order chi connectivity index (χ0) is 22.7. The van der Waals surface area contributed by atoms with Gasteiger partial charge in [0.15, 0.2) is 0 Å². The van der Waals surface area contributed by atoms with Crippen molar-refractivity contribution < 1.29 is 18.3 Å². The van der Waals surface area contributed by atoms with Gasteiger partial charge in [0.1, 0.15) is 10.8 Å². The lowest BCUT2D eigenvalue weighted by atomic mass is 10.1. The summed E-state index contributed by atoms with van der Waals surface area (Å²) in [6.07, 6.45) is 1.53. The molecule has 0 radical (unpaired) electrons. The van der Waals surface area contributed by atoms with Crippen molar-refractivity contribution in [1.29, 1.82) is 0 Å². The summed E-state index contributed by atoms with van der Waals surface area (Å²) in [5.74, 6) is -0.559. The number of benzene rings is 2. The van der Waals surface area contributed by atoms with E-state index in [4.69, 9.17) is 11.6 Å². The summed E-state index contributed by atoms with van der Waals surface area (Å²) in [6.45, 7) is -1.58. The molecule has 1 aromatic heterocycles. The molecule has 1 amide bonds. The molecule has 1 saturated heterocycles. The van der Waals surface area contributed by atoms with Crippen LogP contribution in [0.3, 0.4) is 0 Å². The average Bonchev–Trinajstić information content (AvgIpc) is 2.81. The zero-order valence-electron chi connectivity index (χ0n) is 16.8. The fraction of sp³-hybridized carbons (Fsp3) is 0.227. The maximum Gasteiger partial charge on any atom is 0.387 e. The minimum atomic E-state index is -3.02. The molecule has 166 valence electrons. The van der Waals surface area contributed by atoms with Gasteiger partial charge >= 0.3 is 6.61 Å². The first-order valence-electron chi connectivity index (χ1n) is 9.87. The van der Waals surface area contributed by atoms with Gasteiger partial charge in [-0.15, -0.1) is 0 Å². The number of halogens is 3. The van der Waals surface area contributed by atoms with Crippen molar-refractivity contribution in [2.75, 3.05) is 31.1 Å². The molecule has 0 atom stereocenters. The van der Waals surface area contributed by atoms with Crippen LogP contribution in [0.25, 0.3) is 5.69 Å². The third kappa shape index (κ3) is 4.43. The Kier molecular flexibility index (Phi) is 6.36. The van der Waals surface area contributed by atoms with Crippen LogP contribution in [-0.4, -0.2) is 53.4 Å². The molecule has 2 aromatic carbocycles. The molecule has 0 aliphatic carbocycles. The topological polar surface area (TPSA) is 67.7 Å². The summed E-state index contributed by atoms with van der Waals surface area (Å²) in [7, 11) is 0. The van der Waals surface area contributed by atoms with Crippen LogP contribution in [0.2, 0.25) is 5.02 Å². The Morgan fingerprint density at radius 3 is 2.34 bits per heavy atom. The minimum absolute atomic E-state index is 0.0410. The number of nitrogens with zero attached hydrogens (tertiary/aromatic N) is 4. The number of para-hydroxylation sites is 2. The Balaban J connectivity index is 1.48. The summed E-state index contributed by atoms with van der Waals surface area (Å²) in [5, 5.41) is 4.28. The molecule has 2 heterocycles. The predicted molar refractivity (Wildman–Crippen MR) is 116 cm³/mol. The summed E-state index contributed by atoms with van der Waals surface area (Å²) in [4.78, 5) is 29.0. The maximum atomic E-state index is 12.9. The molecule has 0 bridgehead atoms. The highest BCUT2D eigenvalue weighted by molar-refractivity contribution is 6.33. The predicted octanol–water partition coefficient (Wildman–Crippen LogP) is 3.45. The Labute approximate surface area is 187 Å². The monoisotopic (exact) mass is 460 g/mol. The van der Waals surface area contributed by atoms with Crippen LogP contribution < -0.4 is 15.2 Å². The molecule has 1 aliphatic rings. The largest absolute Gasteiger partial charge is 0.434 e. The van der Waals surface area contributed by atoms with Gasteiger partial charge in [-0.05, 0) is 24.3 Å². The van der Waals surface area contributed by atoms with Gasteiger partial charge in [-0.25, -0.2) is 0 Å². The second-order valence-corrected chi connectivity index (χ2v) is 7.43. The van der Waals surface area contributed by atoms with E-state index in [0.717, 1.165) is 0 Å². The van der Waals surface area contributed by atoms with Gasteiger partial charge in [0.05, 0.1) is 23.1 Å². The molecule has 1 aliphatic heterocycles. The fourth-order valence-corrected chi connectivity index (χ4v) is 3.81. The molecular formula is C22H19ClF2N4O3. The lowest BCUT2D eigenvalue weighted by Gasteiger charge is -2.36. The quantitative estimate of drug-likeness (QED) is 0.583. The number of ether oxygens (including phenoxy) is 1. The Hall–Kier alpha value is -3.46. The standard InChI is InChI=1S/C22H19ClF2N4O3/c23-19-17(14-26-29(21(19)31)15-6-2-1-3-7-15)27-10-12-28(13-11-27)20(30)16-8-4-5-9-18(16)32-22(24)25/h1-9,14,22H,10-13H2. The fourth-order valence-electron chi connectivity index (χ4n) is 3.56. The van der Waals surface area contributed by atoms with Gasteiger partial charge in [0.2, 0.25) is 0 Å². The summed E-state index contributed by atoms with van der Waals surface area (Å²) in [6, 6.07) is 14.9. The molecule has 0 spiro atoms. The van der Waals surface area contributed by atoms with E-state index in [0.29, 0.717) is 37.6 Å². The molecular weight excluding hydrogens is 442 g/mol. The number of aromatic nitrogens is 2. The van der Waals surface area contributed by atoms with Crippen molar-refractivity contribution >= 4 is 23.2 Å². The average molecular weight is 461 g/mol. The van der Waals surface area contributed by atoms with E-state index < -0.39 is 18.1 Å². The highest BCUT2D eigenvalue weighted by Gasteiger charge is 2.27. The SMILES string of the molecule is O=C(c1ccccc1OC(F)F)N1CCN(c2cnn(-c3ccccc3)c(=O)c2Cl)CC1. The molecule has 0 saturated carbocycles. The van der Waals surface area contributed by atoms with Crippen molar-refractivity contribution in [3.8, 4) is 11.4 Å². The van der Waals surface area contributed by atoms with Crippen LogP contribution in [0.1, 0.15) is 10.4 Å². The van der Waals surface area contributed by atoms with Gasteiger partial charge in [0.25, 0.3) is 11.5 Å². The molecule has 0 N–H and O–H groups in total. The van der Waals surface area contributed by atoms with E-state index in [-0.39, 0.29) is 16.3 Å². The van der Waals surface area contributed by atoms with E-state index in [2.05, 4.69) is 9.84 Å². The molecule has 1 fully saturated rings. The normalized spacial score (nSPS) is 14.0. The smallest absolute Gasteiger partial charge is 0.387 e. The number of carbonyl (C=O) groups excluding carboxylic acids is 1. The number of rotatable bonds is 5. The van der Waals surface area contributed by atoms with Crippen LogP contribution in [0.5, 0.6) is 5.75 Å². The lowest BCUT2D eigenvalue weighted by Crippen LogP contribution is -2.49. The highest BCUT2D eigenvalue weighted by atomic mass is 35.5. The number of anilines is 1. The minimum Gasteiger partial charge on any atom is -0.434 e. The zero-order valence-corrected chi connectivity index (χ0v) is 17.6. The Bertz CT molecular complexity index is 1170. The van der Waals surface area contributed by atoms with Crippen molar-refractivity contribution in [1.82, 2.24) is 14.7 Å². The van der Waals surface area contributed by atoms with Gasteiger partial charge in [-0.1, -0.05) is 41.9 Å². The second-order valence-electron chi connectivity index (χ2n) is 7.05. The van der Waals surface area contributed by atoms with E-state index in [1.807, 2.05) is 11.0 Å². The highest BCUT2D eigenvalue weighted by Crippen LogP contribution is 2.25. The second kappa shape index (κ2) is 9.35. The van der Waals surface area contributed by atoms with Gasteiger partial charge in [0, 0.05) is 26.2 Å². The number of alkyl halides is 2. The number of amides is 1. The first-order valence-corrected chi connectivity index (χ1v) is 10.2. The lowest BCUT2D eigenvalue weighted by molar-refractivity contribution is -0.0502. The number of piperazine rings is 1. The van der Waals surface area contributed by atoms with E-state index >= 15 is 0 Å². The molecule has 7 nitrogen and oxygen atoms in total. The number of carbonyl (C=O) groups is 1. The van der Waals surface area contributed by atoms with Crippen molar-refractivity contribution in [2.45, 2.75) is 6.61 Å². The first kappa shape index (κ1) is 21.8. The van der Waals surface area contributed by atoms with Crippen molar-refractivity contribution in [2.24, 2.45) is 0 Å². The molecule has 32 heavy (non-hydrogen) atoms. The Morgan fingerprint density at radius 1 is 1.00 bits per heavy atom. The van der Waals surface area contributed by atoms with Crippen LogP contribution >= 0.6 is 11.6 Å². The Morgan fingerprint density at radius 2 is 1.66 bits per heavy atom. The number of hydrogen-bond acceptors (Lipinski definition) is 5. The molecule has 0 unspecified atom stereocenters. The third-order valence-electron chi connectivity index (χ3n) is 5.14. The molecule has 3 aromatic rings. The summed E-state index contributed by atoms with van der Waals surface area (Å²) >= 11 is 6.36.